The molecular weight excluding hydrogens is 292 g/mol. The molecule has 2 atom stereocenters. The number of carbonyl (C=O) groups is 1. The van der Waals surface area contributed by atoms with Crippen LogP contribution in [0.25, 0.3) is 0 Å². The summed E-state index contributed by atoms with van der Waals surface area (Å²) in [6.45, 7) is 4.93. The summed E-state index contributed by atoms with van der Waals surface area (Å²) < 4.78 is 7.52. The monoisotopic (exact) mass is 316 g/mol. The SMILES string of the molecule is CNC(=O)COc1ccccc1CN[C@@H](C)[C@@H](C)n1cccn1. The van der Waals surface area contributed by atoms with E-state index >= 15 is 0 Å². The van der Waals surface area contributed by atoms with Crippen molar-refractivity contribution in [3.05, 3.63) is 48.3 Å². The lowest BCUT2D eigenvalue weighted by molar-refractivity contribution is -0.122. The van der Waals surface area contributed by atoms with Crippen molar-refractivity contribution in [1.29, 1.82) is 0 Å². The molecule has 6 heteroatoms. The summed E-state index contributed by atoms with van der Waals surface area (Å²) >= 11 is 0. The number of ether oxygens (including phenoxy) is 1. The van der Waals surface area contributed by atoms with Gasteiger partial charge in [-0.05, 0) is 26.0 Å². The van der Waals surface area contributed by atoms with Crippen LogP contribution in [0.3, 0.4) is 0 Å². The summed E-state index contributed by atoms with van der Waals surface area (Å²) in [6, 6.07) is 10.1. The van der Waals surface area contributed by atoms with Gasteiger partial charge in [0, 0.05) is 37.6 Å². The fourth-order valence-corrected chi connectivity index (χ4v) is 2.20. The lowest BCUT2D eigenvalue weighted by atomic mass is 10.1. The Morgan fingerprint density at radius 2 is 2.09 bits per heavy atom. The maximum Gasteiger partial charge on any atom is 0.257 e. The highest BCUT2D eigenvalue weighted by atomic mass is 16.5. The molecule has 124 valence electrons. The molecule has 0 aliphatic carbocycles. The number of rotatable bonds is 8. The van der Waals surface area contributed by atoms with Gasteiger partial charge < -0.3 is 15.4 Å². The van der Waals surface area contributed by atoms with Crippen LogP contribution in [0, 0.1) is 0 Å². The normalized spacial score (nSPS) is 13.3. The average molecular weight is 316 g/mol. The zero-order valence-corrected chi connectivity index (χ0v) is 13.8. The van der Waals surface area contributed by atoms with Crippen LogP contribution in [0.5, 0.6) is 5.75 Å². The lowest BCUT2D eigenvalue weighted by Gasteiger charge is -2.22. The van der Waals surface area contributed by atoms with E-state index in [-0.39, 0.29) is 24.6 Å². The predicted molar refractivity (Wildman–Crippen MR) is 89.2 cm³/mol. The summed E-state index contributed by atoms with van der Waals surface area (Å²) in [5, 5.41) is 10.3. The van der Waals surface area contributed by atoms with Crippen LogP contribution in [-0.2, 0) is 11.3 Å². The first-order valence-electron chi connectivity index (χ1n) is 7.75. The smallest absolute Gasteiger partial charge is 0.257 e. The lowest BCUT2D eigenvalue weighted by Crippen LogP contribution is -2.33. The van der Waals surface area contributed by atoms with Gasteiger partial charge in [0.1, 0.15) is 5.75 Å². The largest absolute Gasteiger partial charge is 0.483 e. The average Bonchev–Trinajstić information content (AvgIpc) is 3.12. The Morgan fingerprint density at radius 1 is 1.30 bits per heavy atom. The Morgan fingerprint density at radius 3 is 2.78 bits per heavy atom. The molecule has 1 aromatic carbocycles. The van der Waals surface area contributed by atoms with E-state index in [1.54, 1.807) is 13.2 Å². The summed E-state index contributed by atoms with van der Waals surface area (Å²) in [5.74, 6) is 0.580. The predicted octanol–water partition coefficient (Wildman–Crippen LogP) is 1.75. The van der Waals surface area contributed by atoms with Crippen LogP contribution in [0.1, 0.15) is 25.5 Å². The molecule has 1 aromatic heterocycles. The highest BCUT2D eigenvalue weighted by molar-refractivity contribution is 5.77. The molecule has 0 bridgehead atoms. The minimum absolute atomic E-state index is 0.0206. The van der Waals surface area contributed by atoms with Crippen molar-refractivity contribution in [3.8, 4) is 5.75 Å². The number of aromatic nitrogens is 2. The van der Waals surface area contributed by atoms with Crippen molar-refractivity contribution < 1.29 is 9.53 Å². The van der Waals surface area contributed by atoms with Crippen molar-refractivity contribution in [1.82, 2.24) is 20.4 Å². The Labute approximate surface area is 136 Å². The first kappa shape index (κ1) is 17.0. The quantitative estimate of drug-likeness (QED) is 0.778. The number of hydrogen-bond acceptors (Lipinski definition) is 4. The zero-order valence-electron chi connectivity index (χ0n) is 13.8. The van der Waals surface area contributed by atoms with Gasteiger partial charge in [0.2, 0.25) is 0 Å². The molecule has 0 aliphatic heterocycles. The second kappa shape index (κ2) is 8.33. The molecule has 0 fully saturated rings. The highest BCUT2D eigenvalue weighted by Gasteiger charge is 2.14. The van der Waals surface area contributed by atoms with Crippen molar-refractivity contribution >= 4 is 5.91 Å². The van der Waals surface area contributed by atoms with Crippen molar-refractivity contribution in [2.24, 2.45) is 0 Å². The van der Waals surface area contributed by atoms with E-state index in [1.807, 2.05) is 41.2 Å². The second-order valence-corrected chi connectivity index (χ2v) is 5.47. The molecule has 0 radical (unpaired) electrons. The maximum atomic E-state index is 11.3. The fraction of sp³-hybridized carbons (Fsp3) is 0.412. The van der Waals surface area contributed by atoms with Crippen LogP contribution in [-0.4, -0.2) is 35.4 Å². The first-order valence-corrected chi connectivity index (χ1v) is 7.75. The molecule has 0 saturated heterocycles. The number of benzene rings is 1. The number of carbonyl (C=O) groups excluding carboxylic acids is 1. The molecule has 0 saturated carbocycles. The third-order valence-electron chi connectivity index (χ3n) is 3.89. The van der Waals surface area contributed by atoms with E-state index in [0.29, 0.717) is 6.54 Å². The van der Waals surface area contributed by atoms with Gasteiger partial charge in [-0.25, -0.2) is 0 Å². The van der Waals surface area contributed by atoms with Crippen LogP contribution in [0.2, 0.25) is 0 Å². The molecule has 0 unspecified atom stereocenters. The topological polar surface area (TPSA) is 68.2 Å². The van der Waals surface area contributed by atoms with E-state index < -0.39 is 0 Å². The van der Waals surface area contributed by atoms with Crippen molar-refractivity contribution in [2.75, 3.05) is 13.7 Å². The Hall–Kier alpha value is -2.34. The maximum absolute atomic E-state index is 11.3. The van der Waals surface area contributed by atoms with Gasteiger partial charge >= 0.3 is 0 Å². The summed E-state index contributed by atoms with van der Waals surface area (Å²) in [5.41, 5.74) is 1.02. The fourth-order valence-electron chi connectivity index (χ4n) is 2.20. The van der Waals surface area contributed by atoms with Crippen LogP contribution >= 0.6 is 0 Å². The second-order valence-electron chi connectivity index (χ2n) is 5.47. The first-order chi connectivity index (χ1) is 11.1. The van der Waals surface area contributed by atoms with Gasteiger partial charge in [0.05, 0.1) is 6.04 Å². The number of hydrogen-bond donors (Lipinski definition) is 2. The van der Waals surface area contributed by atoms with Crippen molar-refractivity contribution in [2.45, 2.75) is 32.5 Å². The number of amides is 1. The molecule has 2 N–H and O–H groups in total. The van der Waals surface area contributed by atoms with Gasteiger partial charge in [-0.2, -0.15) is 5.10 Å². The number of likely N-dealkylation sites (N-methyl/N-ethyl adjacent to an activating group) is 1. The molecule has 1 heterocycles. The van der Waals surface area contributed by atoms with Crippen LogP contribution in [0.15, 0.2) is 42.7 Å². The van der Waals surface area contributed by atoms with Gasteiger partial charge in [-0.1, -0.05) is 18.2 Å². The third-order valence-corrected chi connectivity index (χ3v) is 3.89. The Kier molecular flexibility index (Phi) is 6.17. The van der Waals surface area contributed by atoms with Gasteiger partial charge in [0.15, 0.2) is 6.61 Å². The van der Waals surface area contributed by atoms with E-state index in [4.69, 9.17) is 4.74 Å². The molecule has 2 rings (SSSR count). The Balaban J connectivity index is 1.93. The summed E-state index contributed by atoms with van der Waals surface area (Å²) in [4.78, 5) is 11.3. The van der Waals surface area contributed by atoms with E-state index in [9.17, 15) is 4.79 Å². The van der Waals surface area contributed by atoms with Gasteiger partial charge in [0.25, 0.3) is 5.91 Å². The molecule has 6 nitrogen and oxygen atoms in total. The summed E-state index contributed by atoms with van der Waals surface area (Å²) in [6.07, 6.45) is 3.74. The minimum Gasteiger partial charge on any atom is -0.483 e. The number of nitrogens with one attached hydrogen (secondary N) is 2. The standard InChI is InChI=1S/C17H24N4O2/c1-13(14(2)21-10-6-9-20-21)19-11-15-7-4-5-8-16(15)23-12-17(22)18-3/h4-10,13-14,19H,11-12H2,1-3H3,(H,18,22)/t13-,14+/m0/s1. The molecular formula is C17H24N4O2. The molecule has 0 aliphatic rings. The van der Waals surface area contributed by atoms with E-state index in [2.05, 4.69) is 29.6 Å². The van der Waals surface area contributed by atoms with Crippen LogP contribution in [0.4, 0.5) is 0 Å². The van der Waals surface area contributed by atoms with Crippen molar-refractivity contribution in [3.63, 3.8) is 0 Å². The van der Waals surface area contributed by atoms with Gasteiger partial charge in [-0.15, -0.1) is 0 Å². The van der Waals surface area contributed by atoms with Crippen LogP contribution < -0.4 is 15.4 Å². The van der Waals surface area contributed by atoms with E-state index in [0.717, 1.165) is 11.3 Å². The van der Waals surface area contributed by atoms with E-state index in [1.165, 1.54) is 0 Å². The van der Waals surface area contributed by atoms with Gasteiger partial charge in [-0.3, -0.25) is 9.48 Å². The molecule has 23 heavy (non-hydrogen) atoms. The third kappa shape index (κ3) is 4.82. The number of para-hydroxylation sites is 1. The molecule has 0 spiro atoms. The summed E-state index contributed by atoms with van der Waals surface area (Å²) in [7, 11) is 1.59. The zero-order chi connectivity index (χ0) is 16.7. The molecule has 1 amide bonds. The Bertz CT molecular complexity index is 613. The minimum atomic E-state index is -0.145. The molecule has 2 aromatic rings. The number of nitrogens with zero attached hydrogens (tertiary/aromatic N) is 2. The highest BCUT2D eigenvalue weighted by Crippen LogP contribution is 2.18.